The summed E-state index contributed by atoms with van der Waals surface area (Å²) in [6.07, 6.45) is 0. The van der Waals surface area contributed by atoms with Crippen LogP contribution in [0.4, 0.5) is 8.78 Å². The summed E-state index contributed by atoms with van der Waals surface area (Å²) in [4.78, 5) is -0.297. The van der Waals surface area contributed by atoms with E-state index in [2.05, 4.69) is 4.74 Å². The third-order valence-electron chi connectivity index (χ3n) is 1.52. The molecule has 0 fully saturated rings. The highest BCUT2D eigenvalue weighted by atomic mass is 35.7. The molecule has 16 heavy (non-hydrogen) atoms. The fraction of sp³-hybridized carbons (Fsp3) is 0.250. The van der Waals surface area contributed by atoms with Crippen LogP contribution in [0.5, 0.6) is 5.75 Å². The highest BCUT2D eigenvalue weighted by molar-refractivity contribution is 8.13. The highest BCUT2D eigenvalue weighted by Crippen LogP contribution is 2.26. The fourth-order valence-corrected chi connectivity index (χ4v) is 1.91. The predicted molar refractivity (Wildman–Crippen MR) is 52.1 cm³/mol. The van der Waals surface area contributed by atoms with E-state index >= 15 is 0 Å². The summed E-state index contributed by atoms with van der Waals surface area (Å²) in [5.41, 5.74) is 0. The molecule has 0 unspecified atom stereocenters. The van der Waals surface area contributed by atoms with Crippen LogP contribution < -0.4 is 4.74 Å². The van der Waals surface area contributed by atoms with E-state index in [-0.39, 0.29) is 10.6 Å². The molecule has 0 aliphatic heterocycles. The van der Waals surface area contributed by atoms with Crippen molar-refractivity contribution in [2.45, 2.75) is 11.5 Å². The van der Waals surface area contributed by atoms with Crippen LogP contribution in [0.15, 0.2) is 29.2 Å². The molecule has 0 aromatic heterocycles. The van der Waals surface area contributed by atoms with Gasteiger partial charge in [-0.1, -0.05) is 12.1 Å². The Bertz CT molecular complexity index is 449. The molecule has 1 rings (SSSR count). The third kappa shape index (κ3) is 3.92. The van der Waals surface area contributed by atoms with E-state index in [0.717, 1.165) is 0 Å². The molecule has 1 aromatic carbocycles. The van der Waals surface area contributed by atoms with Gasteiger partial charge in [-0.2, -0.15) is 8.78 Å². The molecule has 90 valence electrons. The molecular formula is C8H7ClF2O4S. The molecule has 0 saturated heterocycles. The number of hydrogen-bond donors (Lipinski definition) is 0. The molecule has 4 nitrogen and oxygen atoms in total. The number of benzene rings is 1. The van der Waals surface area contributed by atoms with Crippen LogP contribution in [-0.2, 0) is 13.8 Å². The maximum atomic E-state index is 11.6. The Morgan fingerprint density at radius 2 is 1.94 bits per heavy atom. The zero-order valence-corrected chi connectivity index (χ0v) is 9.34. The van der Waals surface area contributed by atoms with Crippen molar-refractivity contribution in [2.24, 2.45) is 0 Å². The van der Waals surface area contributed by atoms with Crippen molar-refractivity contribution in [3.8, 4) is 5.75 Å². The molecule has 0 bridgehead atoms. The second kappa shape index (κ2) is 5.42. The van der Waals surface area contributed by atoms with E-state index in [9.17, 15) is 17.2 Å². The van der Waals surface area contributed by atoms with Gasteiger partial charge in [-0.15, -0.1) is 0 Å². The smallest absolute Gasteiger partial charge is 0.348 e. The molecule has 1 aromatic rings. The minimum Gasteiger partial charge on any atom is -0.466 e. The van der Waals surface area contributed by atoms with Crippen molar-refractivity contribution < 1.29 is 26.7 Å². The first-order valence-corrected chi connectivity index (χ1v) is 6.28. The summed E-state index contributed by atoms with van der Waals surface area (Å²) in [7, 11) is 1.13. The summed E-state index contributed by atoms with van der Waals surface area (Å²) in [5, 5.41) is 0. The van der Waals surface area contributed by atoms with Gasteiger partial charge in [-0.3, -0.25) is 4.74 Å². The Kier molecular flexibility index (Phi) is 4.45. The molecule has 8 heteroatoms. The summed E-state index contributed by atoms with van der Waals surface area (Å²) in [5.74, 6) is -0.141. The van der Waals surface area contributed by atoms with Gasteiger partial charge >= 0.3 is 6.61 Å². The summed E-state index contributed by atoms with van der Waals surface area (Å²) < 4.78 is 53.9. The molecule has 0 heterocycles. The summed E-state index contributed by atoms with van der Waals surface area (Å²) in [6, 6.07) is 5.38. The lowest BCUT2D eigenvalue weighted by atomic mass is 10.3. The van der Waals surface area contributed by atoms with Crippen molar-refractivity contribution in [1.29, 1.82) is 0 Å². The van der Waals surface area contributed by atoms with E-state index in [0.29, 0.717) is 0 Å². The maximum absolute atomic E-state index is 11.6. The zero-order chi connectivity index (χ0) is 12.2. The van der Waals surface area contributed by atoms with Crippen LogP contribution in [-0.4, -0.2) is 21.8 Å². The van der Waals surface area contributed by atoms with Crippen LogP contribution in [0, 0.1) is 0 Å². The van der Waals surface area contributed by atoms with Crippen LogP contribution in [0.3, 0.4) is 0 Å². The Labute approximate surface area is 95.2 Å². The molecule has 0 spiro atoms. The first-order valence-electron chi connectivity index (χ1n) is 3.97. The number of alkyl halides is 2. The second-order valence-corrected chi connectivity index (χ2v) is 5.11. The van der Waals surface area contributed by atoms with Crippen molar-refractivity contribution in [3.05, 3.63) is 24.3 Å². The minimum absolute atomic E-state index is 0.141. The first-order chi connectivity index (χ1) is 7.41. The Morgan fingerprint density at radius 3 is 2.50 bits per heavy atom. The van der Waals surface area contributed by atoms with Gasteiger partial charge in [0.05, 0.1) is 0 Å². The Balaban J connectivity index is 2.80. The molecule has 0 aliphatic carbocycles. The number of halogens is 3. The number of ether oxygens (including phenoxy) is 2. The fourth-order valence-electron chi connectivity index (χ4n) is 0.920. The van der Waals surface area contributed by atoms with E-state index < -0.39 is 22.5 Å². The molecule has 0 radical (unpaired) electrons. The van der Waals surface area contributed by atoms with Gasteiger partial charge in [-0.05, 0) is 12.1 Å². The average Bonchev–Trinajstić information content (AvgIpc) is 2.16. The normalized spacial score (nSPS) is 11.8. The standard InChI is InChI=1S/C8H7ClF2O4S/c9-16(12,13)7-4-2-1-3-6(7)14-5-15-8(10)11/h1-4,8H,5H2. The van der Waals surface area contributed by atoms with Crippen LogP contribution in [0.2, 0.25) is 0 Å². The molecule has 0 amide bonds. The lowest BCUT2D eigenvalue weighted by molar-refractivity contribution is -0.167. The average molecular weight is 273 g/mol. The third-order valence-corrected chi connectivity index (χ3v) is 2.88. The van der Waals surface area contributed by atoms with Gasteiger partial charge in [0.1, 0.15) is 10.6 Å². The maximum Gasteiger partial charge on any atom is 0.348 e. The number of para-hydroxylation sites is 1. The molecular weight excluding hydrogens is 266 g/mol. The highest BCUT2D eigenvalue weighted by Gasteiger charge is 2.16. The largest absolute Gasteiger partial charge is 0.466 e. The molecule has 0 saturated carbocycles. The van der Waals surface area contributed by atoms with Crippen molar-refractivity contribution >= 4 is 19.7 Å². The second-order valence-electron chi connectivity index (χ2n) is 2.57. The van der Waals surface area contributed by atoms with Crippen LogP contribution in [0.25, 0.3) is 0 Å². The van der Waals surface area contributed by atoms with Crippen LogP contribution in [0.1, 0.15) is 0 Å². The number of hydrogen-bond acceptors (Lipinski definition) is 4. The van der Waals surface area contributed by atoms with E-state index in [1.165, 1.54) is 24.3 Å². The SMILES string of the molecule is O=S(=O)(Cl)c1ccccc1OCOC(F)F. The molecule has 0 N–H and O–H groups in total. The van der Waals surface area contributed by atoms with E-state index in [4.69, 9.17) is 15.4 Å². The Morgan fingerprint density at radius 1 is 1.31 bits per heavy atom. The summed E-state index contributed by atoms with van der Waals surface area (Å²) >= 11 is 0. The lowest BCUT2D eigenvalue weighted by Crippen LogP contribution is -2.08. The van der Waals surface area contributed by atoms with Gasteiger partial charge in [0, 0.05) is 10.7 Å². The predicted octanol–water partition coefficient (Wildman–Crippen LogP) is 2.19. The van der Waals surface area contributed by atoms with Crippen LogP contribution >= 0.6 is 10.7 Å². The Hall–Kier alpha value is -0.920. The number of rotatable bonds is 5. The van der Waals surface area contributed by atoms with E-state index in [1.807, 2.05) is 0 Å². The van der Waals surface area contributed by atoms with Gasteiger partial charge in [-0.25, -0.2) is 8.42 Å². The zero-order valence-electron chi connectivity index (χ0n) is 7.77. The van der Waals surface area contributed by atoms with Crippen molar-refractivity contribution in [1.82, 2.24) is 0 Å². The van der Waals surface area contributed by atoms with Gasteiger partial charge in [0.2, 0.25) is 0 Å². The van der Waals surface area contributed by atoms with Gasteiger partial charge in [0.15, 0.2) is 6.79 Å². The minimum atomic E-state index is -3.98. The molecule has 0 atom stereocenters. The molecule has 0 aliphatic rings. The first kappa shape index (κ1) is 13.1. The summed E-state index contributed by atoms with van der Waals surface area (Å²) in [6.45, 7) is -3.75. The monoisotopic (exact) mass is 272 g/mol. The van der Waals surface area contributed by atoms with Crippen molar-refractivity contribution in [3.63, 3.8) is 0 Å². The van der Waals surface area contributed by atoms with E-state index in [1.54, 1.807) is 0 Å². The van der Waals surface area contributed by atoms with Crippen molar-refractivity contribution in [2.75, 3.05) is 6.79 Å². The lowest BCUT2D eigenvalue weighted by Gasteiger charge is -2.08. The van der Waals surface area contributed by atoms with Gasteiger partial charge < -0.3 is 4.74 Å². The quantitative estimate of drug-likeness (QED) is 0.609. The van der Waals surface area contributed by atoms with Gasteiger partial charge in [0.25, 0.3) is 9.05 Å². The topological polar surface area (TPSA) is 52.6 Å².